The van der Waals surface area contributed by atoms with Crippen LogP contribution in [0.3, 0.4) is 0 Å². The molecule has 2 N–H and O–H groups in total. The molecule has 7 nitrogen and oxygen atoms in total. The van der Waals surface area contributed by atoms with Crippen LogP contribution in [0.1, 0.15) is 24.0 Å². The van der Waals surface area contributed by atoms with Gasteiger partial charge < -0.3 is 20.4 Å². The van der Waals surface area contributed by atoms with E-state index in [0.717, 1.165) is 5.56 Å². The molecule has 0 aromatic heterocycles. The molecule has 230 valence electrons. The molecule has 0 bridgehead atoms. The maximum Gasteiger partial charge on any atom is 0.316 e. The lowest BCUT2D eigenvalue weighted by molar-refractivity contribution is -0.120. The Morgan fingerprint density at radius 1 is 0.933 bits per heavy atom. The highest BCUT2D eigenvalue weighted by Gasteiger charge is 2.54. The van der Waals surface area contributed by atoms with Gasteiger partial charge in [0, 0.05) is 35.7 Å². The third-order valence-corrected chi connectivity index (χ3v) is 7.78. The van der Waals surface area contributed by atoms with Gasteiger partial charge in [0.25, 0.3) is 11.8 Å². The number of anilines is 2. The van der Waals surface area contributed by atoms with Gasteiger partial charge in [-0.05, 0) is 62.7 Å². The summed E-state index contributed by atoms with van der Waals surface area (Å²) in [5.74, 6) is -4.56. The van der Waals surface area contributed by atoms with E-state index in [4.69, 9.17) is 0 Å². The normalized spacial score (nSPS) is 16.2. The summed E-state index contributed by atoms with van der Waals surface area (Å²) in [6.07, 6.45) is 1.74. The van der Waals surface area contributed by atoms with Gasteiger partial charge in [0.15, 0.2) is 0 Å². The first-order chi connectivity index (χ1) is 21.6. The second-order valence-electron chi connectivity index (χ2n) is 11.2. The summed E-state index contributed by atoms with van der Waals surface area (Å²) in [5.41, 5.74) is -0.593. The third kappa shape index (κ3) is 6.27. The number of amides is 2. The van der Waals surface area contributed by atoms with Crippen molar-refractivity contribution < 1.29 is 23.2 Å². The van der Waals surface area contributed by atoms with Crippen LogP contribution in [0.2, 0.25) is 0 Å². The molecular formula is C36H34F2N4O3. The molecule has 0 fully saturated rings. The van der Waals surface area contributed by atoms with Crippen molar-refractivity contribution in [2.45, 2.75) is 25.2 Å². The number of halogens is 2. The number of allylic oxidation sites excluding steroid dienone is 3. The second-order valence-corrected chi connectivity index (χ2v) is 11.2. The van der Waals surface area contributed by atoms with Gasteiger partial charge in [-0.15, -0.1) is 0 Å². The monoisotopic (exact) mass is 608 g/mol. The first-order valence-electron chi connectivity index (χ1n) is 14.7. The van der Waals surface area contributed by atoms with Gasteiger partial charge >= 0.3 is 5.92 Å². The Morgan fingerprint density at radius 3 is 2.24 bits per heavy atom. The van der Waals surface area contributed by atoms with Gasteiger partial charge in [-0.1, -0.05) is 73.3 Å². The lowest BCUT2D eigenvalue weighted by Gasteiger charge is -2.38. The molecule has 0 saturated heterocycles. The first kappa shape index (κ1) is 31.3. The van der Waals surface area contributed by atoms with Gasteiger partial charge in [0.2, 0.25) is 0 Å². The van der Waals surface area contributed by atoms with Crippen LogP contribution in [0.4, 0.5) is 20.2 Å². The van der Waals surface area contributed by atoms with Crippen molar-refractivity contribution in [2.75, 3.05) is 37.4 Å². The number of hydrogen-bond donors (Lipinski definition) is 2. The van der Waals surface area contributed by atoms with Gasteiger partial charge in [-0.25, -0.2) is 4.79 Å². The maximum absolute atomic E-state index is 16.9. The molecule has 2 aliphatic rings. The molecule has 45 heavy (non-hydrogen) atoms. The van der Waals surface area contributed by atoms with Crippen LogP contribution in [0, 0.1) is 0 Å². The molecule has 3 aromatic rings. The number of alkyl halides is 2. The molecule has 0 unspecified atom stereocenters. The van der Waals surface area contributed by atoms with Gasteiger partial charge in [-0.2, -0.15) is 8.78 Å². The molecule has 0 atom stereocenters. The van der Waals surface area contributed by atoms with Gasteiger partial charge in [0.1, 0.15) is 17.1 Å². The quantitative estimate of drug-likeness (QED) is 0.317. The number of likely N-dealkylation sites (N-methyl/N-ethyl adjacent to an activating group) is 1. The van der Waals surface area contributed by atoms with Crippen LogP contribution in [0.15, 0.2) is 120 Å². The van der Waals surface area contributed by atoms with Gasteiger partial charge in [0.05, 0.1) is 11.3 Å². The molecule has 0 spiro atoms. The zero-order valence-electron chi connectivity index (χ0n) is 25.2. The number of nitrogens with zero attached hydrogens (tertiary/aromatic N) is 2. The summed E-state index contributed by atoms with van der Waals surface area (Å²) >= 11 is 0. The molecule has 1 aliphatic heterocycles. The average Bonchev–Trinajstić information content (AvgIpc) is 3.18. The van der Waals surface area contributed by atoms with Crippen molar-refractivity contribution >= 4 is 34.7 Å². The van der Waals surface area contributed by atoms with E-state index in [9.17, 15) is 14.4 Å². The number of rotatable bonds is 8. The van der Waals surface area contributed by atoms with E-state index in [1.165, 1.54) is 10.8 Å². The fourth-order valence-corrected chi connectivity index (χ4v) is 5.68. The minimum atomic E-state index is -4.12. The summed E-state index contributed by atoms with van der Waals surface area (Å²) in [4.78, 5) is 44.3. The number of carbonyl (C=O) groups excluding carboxylic acids is 3. The largest absolute Gasteiger partial charge is 0.351 e. The van der Waals surface area contributed by atoms with Crippen molar-refractivity contribution in [2.24, 2.45) is 0 Å². The minimum Gasteiger partial charge on any atom is -0.351 e. The number of nitrogens with one attached hydrogen (secondary N) is 2. The molecule has 0 radical (unpaired) electrons. The highest BCUT2D eigenvalue weighted by atomic mass is 19.3. The number of carbonyl (C=O) groups is 2. The molecular weight excluding hydrogens is 574 g/mol. The SMILES string of the molecule is C=C1CCCc2ccccc2N1C1=C(C(=O)NCCN(C)C)C(F)(F)C(=C=O)C(c2ccccc2)=C1C(=O)Nc1ccccc1. The van der Waals surface area contributed by atoms with Gasteiger partial charge in [-0.3, -0.25) is 9.59 Å². The second kappa shape index (κ2) is 13.3. The highest BCUT2D eigenvalue weighted by molar-refractivity contribution is 6.20. The molecule has 0 saturated carbocycles. The molecule has 9 heteroatoms. The van der Waals surface area contributed by atoms with Crippen LogP contribution in [-0.2, 0) is 20.8 Å². The zero-order valence-corrected chi connectivity index (χ0v) is 25.2. The molecule has 2 amide bonds. The van der Waals surface area contributed by atoms with E-state index in [1.807, 2.05) is 12.1 Å². The van der Waals surface area contributed by atoms with Crippen LogP contribution in [0.25, 0.3) is 5.57 Å². The predicted molar refractivity (Wildman–Crippen MR) is 172 cm³/mol. The smallest absolute Gasteiger partial charge is 0.316 e. The number of benzene rings is 3. The molecule has 3 aromatic carbocycles. The zero-order chi connectivity index (χ0) is 32.1. The Balaban J connectivity index is 1.89. The Kier molecular flexibility index (Phi) is 9.23. The number of para-hydroxylation sites is 2. The van der Waals surface area contributed by atoms with Crippen molar-refractivity contribution in [3.63, 3.8) is 0 Å². The van der Waals surface area contributed by atoms with Crippen LogP contribution in [-0.4, -0.2) is 55.8 Å². The molecule has 5 rings (SSSR count). The predicted octanol–water partition coefficient (Wildman–Crippen LogP) is 5.77. The average molecular weight is 609 g/mol. The Hall–Kier alpha value is -5.11. The number of hydrogen-bond acceptors (Lipinski definition) is 5. The van der Waals surface area contributed by atoms with Crippen LogP contribution >= 0.6 is 0 Å². The van der Waals surface area contributed by atoms with E-state index in [1.54, 1.807) is 91.8 Å². The van der Waals surface area contributed by atoms with E-state index < -0.39 is 28.9 Å². The Bertz CT molecular complexity index is 1740. The summed E-state index contributed by atoms with van der Waals surface area (Å²) in [6, 6.07) is 23.9. The molecule has 1 aliphatic carbocycles. The van der Waals surface area contributed by atoms with E-state index in [2.05, 4.69) is 17.2 Å². The van der Waals surface area contributed by atoms with E-state index in [0.29, 0.717) is 42.9 Å². The lowest BCUT2D eigenvalue weighted by atomic mass is 9.78. The fraction of sp³-hybridized carbons (Fsp3) is 0.222. The van der Waals surface area contributed by atoms with Crippen molar-refractivity contribution in [1.82, 2.24) is 10.2 Å². The summed E-state index contributed by atoms with van der Waals surface area (Å²) in [6.45, 7) is 4.67. The minimum absolute atomic E-state index is 0.0527. The number of aryl methyl sites for hydroxylation is 1. The topological polar surface area (TPSA) is 81.8 Å². The summed E-state index contributed by atoms with van der Waals surface area (Å²) < 4.78 is 33.9. The maximum atomic E-state index is 16.9. The first-order valence-corrected chi connectivity index (χ1v) is 14.7. The Labute approximate surface area is 261 Å². The van der Waals surface area contributed by atoms with Crippen molar-refractivity contribution in [3.8, 4) is 0 Å². The van der Waals surface area contributed by atoms with E-state index >= 15 is 8.78 Å². The van der Waals surface area contributed by atoms with Crippen molar-refractivity contribution in [3.05, 3.63) is 131 Å². The standard InChI is InChI=1S/C36H34F2N4O3/c1-24-13-12-17-25-14-10-11-20-29(25)42(24)33-31(34(44)40-27-18-8-5-9-19-27)30(26-15-6-4-7-16-26)28(23-43)36(37,38)32(33)35(45)39-21-22-41(2)3/h4-11,14-16,18-20H,1,12-13,17,21-22H2,2-3H3,(H,39,45)(H,40,44). The van der Waals surface area contributed by atoms with Crippen molar-refractivity contribution in [1.29, 1.82) is 0 Å². The fourth-order valence-electron chi connectivity index (χ4n) is 5.68. The highest BCUT2D eigenvalue weighted by Crippen LogP contribution is 2.51. The number of fused-ring (bicyclic) bond motifs is 1. The van der Waals surface area contributed by atoms with E-state index in [-0.39, 0.29) is 29.0 Å². The lowest BCUT2D eigenvalue weighted by Crippen LogP contribution is -2.45. The van der Waals surface area contributed by atoms with Crippen LogP contribution < -0.4 is 15.5 Å². The summed E-state index contributed by atoms with van der Waals surface area (Å²) in [5, 5.41) is 5.41. The Morgan fingerprint density at radius 2 is 1.58 bits per heavy atom. The molecule has 1 heterocycles. The van der Waals surface area contributed by atoms with Crippen LogP contribution in [0.5, 0.6) is 0 Å². The third-order valence-electron chi connectivity index (χ3n) is 7.78. The summed E-state index contributed by atoms with van der Waals surface area (Å²) in [7, 11) is 3.58.